The van der Waals surface area contributed by atoms with Crippen molar-refractivity contribution in [3.05, 3.63) is 12.2 Å². The first-order chi connectivity index (χ1) is 5.59. The third-order valence-corrected chi connectivity index (χ3v) is 1.05. The van der Waals surface area contributed by atoms with E-state index in [0.29, 0.717) is 0 Å². The number of halogens is 2. The summed E-state index contributed by atoms with van der Waals surface area (Å²) in [5.74, 6) is -1.81. The number of hydrogen-bond acceptors (Lipinski definition) is 3. The summed E-state index contributed by atoms with van der Waals surface area (Å²) >= 11 is 0. The van der Waals surface area contributed by atoms with Crippen LogP contribution in [0.2, 0.25) is 0 Å². The number of carboxylic acids is 1. The molecule has 0 spiro atoms. The van der Waals surface area contributed by atoms with Gasteiger partial charge in [-0.15, -0.1) is 5.10 Å². The molecule has 1 aromatic rings. The first-order valence-electron chi connectivity index (χ1n) is 2.99. The van der Waals surface area contributed by atoms with E-state index in [4.69, 9.17) is 5.11 Å². The molecule has 0 unspecified atom stereocenters. The topological polar surface area (TPSA) is 68.0 Å². The minimum absolute atomic E-state index is 0.459. The standard InChI is InChI=1S/C5H5F2N3O2/c6-4(7)5-8-2-10(9-5)1-3(11)12/h2,4H,1H2,(H,11,12). The maximum Gasteiger partial charge on any atom is 0.325 e. The highest BCUT2D eigenvalue weighted by atomic mass is 19.3. The van der Waals surface area contributed by atoms with Gasteiger partial charge in [0.2, 0.25) is 5.82 Å². The summed E-state index contributed by atoms with van der Waals surface area (Å²) in [6, 6.07) is 0. The Labute approximate surface area is 65.6 Å². The number of nitrogens with zero attached hydrogens (tertiary/aromatic N) is 3. The van der Waals surface area contributed by atoms with Crippen molar-refractivity contribution in [2.45, 2.75) is 13.0 Å². The van der Waals surface area contributed by atoms with Crippen LogP contribution in [0.25, 0.3) is 0 Å². The molecule has 0 aliphatic carbocycles. The number of carbonyl (C=O) groups is 1. The van der Waals surface area contributed by atoms with E-state index < -0.39 is 24.8 Å². The Balaban J connectivity index is 2.70. The molecule has 0 aliphatic heterocycles. The highest BCUT2D eigenvalue weighted by Crippen LogP contribution is 2.12. The van der Waals surface area contributed by atoms with Crippen molar-refractivity contribution in [2.24, 2.45) is 0 Å². The lowest BCUT2D eigenvalue weighted by atomic mass is 10.7. The summed E-state index contributed by atoms with van der Waals surface area (Å²) in [6.07, 6.45) is -1.81. The van der Waals surface area contributed by atoms with Crippen molar-refractivity contribution in [1.29, 1.82) is 0 Å². The predicted octanol–water partition coefficient (Wildman–Crippen LogP) is 0.300. The van der Waals surface area contributed by atoms with Crippen LogP contribution in [0.4, 0.5) is 8.78 Å². The van der Waals surface area contributed by atoms with Crippen LogP contribution in [-0.2, 0) is 11.3 Å². The summed E-state index contributed by atoms with van der Waals surface area (Å²) in [4.78, 5) is 13.3. The van der Waals surface area contributed by atoms with Gasteiger partial charge in [0.1, 0.15) is 12.9 Å². The molecule has 0 atom stereocenters. The Bertz CT molecular complexity index is 286. The molecule has 12 heavy (non-hydrogen) atoms. The fourth-order valence-electron chi connectivity index (χ4n) is 0.624. The minimum Gasteiger partial charge on any atom is -0.480 e. The van der Waals surface area contributed by atoms with Gasteiger partial charge in [-0.2, -0.15) is 0 Å². The lowest BCUT2D eigenvalue weighted by Crippen LogP contribution is -2.09. The van der Waals surface area contributed by atoms with Gasteiger partial charge in [-0.05, 0) is 0 Å². The van der Waals surface area contributed by atoms with E-state index >= 15 is 0 Å². The second-order valence-electron chi connectivity index (χ2n) is 1.99. The second kappa shape index (κ2) is 3.24. The van der Waals surface area contributed by atoms with E-state index in [0.717, 1.165) is 11.0 Å². The molecule has 0 saturated heterocycles. The summed E-state index contributed by atoms with van der Waals surface area (Å²) in [6.45, 7) is -0.459. The van der Waals surface area contributed by atoms with Crippen LogP contribution in [0.5, 0.6) is 0 Å². The van der Waals surface area contributed by atoms with Crippen LogP contribution in [0.15, 0.2) is 6.33 Å². The highest BCUT2D eigenvalue weighted by molar-refractivity contribution is 5.66. The fraction of sp³-hybridized carbons (Fsp3) is 0.400. The van der Waals surface area contributed by atoms with Gasteiger partial charge in [-0.25, -0.2) is 18.4 Å². The van der Waals surface area contributed by atoms with Crippen LogP contribution in [-0.4, -0.2) is 25.8 Å². The van der Waals surface area contributed by atoms with Crippen molar-refractivity contribution in [2.75, 3.05) is 0 Å². The molecular weight excluding hydrogens is 172 g/mol. The molecule has 1 heterocycles. The predicted molar refractivity (Wildman–Crippen MR) is 32.6 cm³/mol. The lowest BCUT2D eigenvalue weighted by molar-refractivity contribution is -0.137. The summed E-state index contributed by atoms with van der Waals surface area (Å²) in [7, 11) is 0. The quantitative estimate of drug-likeness (QED) is 0.720. The Kier molecular flexibility index (Phi) is 2.32. The highest BCUT2D eigenvalue weighted by Gasteiger charge is 2.12. The Morgan fingerprint density at radius 3 is 2.83 bits per heavy atom. The molecule has 0 bridgehead atoms. The molecule has 66 valence electrons. The largest absolute Gasteiger partial charge is 0.480 e. The average molecular weight is 177 g/mol. The van der Waals surface area contributed by atoms with Gasteiger partial charge in [0.05, 0.1) is 0 Å². The summed E-state index contributed by atoms with van der Waals surface area (Å²) in [5.41, 5.74) is 0. The van der Waals surface area contributed by atoms with Crippen LogP contribution < -0.4 is 0 Å². The number of aliphatic carboxylic acids is 1. The third kappa shape index (κ3) is 1.97. The van der Waals surface area contributed by atoms with E-state index in [-0.39, 0.29) is 0 Å². The number of aromatic nitrogens is 3. The van der Waals surface area contributed by atoms with Crippen molar-refractivity contribution < 1.29 is 18.7 Å². The van der Waals surface area contributed by atoms with Gasteiger partial charge in [-0.3, -0.25) is 4.79 Å². The minimum atomic E-state index is -2.76. The molecule has 7 heteroatoms. The average Bonchev–Trinajstić information content (AvgIpc) is 2.34. The van der Waals surface area contributed by atoms with Crippen LogP contribution in [0.3, 0.4) is 0 Å². The zero-order valence-corrected chi connectivity index (χ0v) is 5.81. The lowest BCUT2D eigenvalue weighted by Gasteiger charge is -1.92. The number of rotatable bonds is 3. The third-order valence-electron chi connectivity index (χ3n) is 1.05. The zero-order chi connectivity index (χ0) is 9.14. The van der Waals surface area contributed by atoms with Crippen LogP contribution >= 0.6 is 0 Å². The number of alkyl halides is 2. The zero-order valence-electron chi connectivity index (χ0n) is 5.81. The van der Waals surface area contributed by atoms with Gasteiger partial charge < -0.3 is 5.11 Å². The molecule has 0 aliphatic rings. The number of carboxylic acid groups (broad SMARTS) is 1. The summed E-state index contributed by atoms with van der Waals surface area (Å²) < 4.78 is 24.5. The van der Waals surface area contributed by atoms with E-state index in [1.165, 1.54) is 0 Å². The smallest absolute Gasteiger partial charge is 0.325 e. The molecule has 1 rings (SSSR count). The molecule has 1 N–H and O–H groups in total. The van der Waals surface area contributed by atoms with Gasteiger partial charge in [0, 0.05) is 0 Å². The molecule has 0 amide bonds. The Hall–Kier alpha value is -1.53. The molecular formula is C5H5F2N3O2. The molecule has 0 saturated carbocycles. The first-order valence-corrected chi connectivity index (χ1v) is 2.99. The fourth-order valence-corrected chi connectivity index (χ4v) is 0.624. The van der Waals surface area contributed by atoms with Crippen LogP contribution in [0.1, 0.15) is 12.2 Å². The van der Waals surface area contributed by atoms with Gasteiger partial charge in [0.25, 0.3) is 6.43 Å². The maximum absolute atomic E-state index is 11.8. The van der Waals surface area contributed by atoms with Gasteiger partial charge in [0.15, 0.2) is 0 Å². The first kappa shape index (κ1) is 8.57. The van der Waals surface area contributed by atoms with Gasteiger partial charge >= 0.3 is 5.97 Å². The maximum atomic E-state index is 11.8. The Morgan fingerprint density at radius 1 is 1.75 bits per heavy atom. The molecule has 0 fully saturated rings. The van der Waals surface area contributed by atoms with E-state index in [2.05, 4.69) is 10.1 Å². The Morgan fingerprint density at radius 2 is 2.42 bits per heavy atom. The van der Waals surface area contributed by atoms with Crippen LogP contribution in [0, 0.1) is 0 Å². The molecule has 0 aromatic carbocycles. The van der Waals surface area contributed by atoms with Crippen molar-refractivity contribution >= 4 is 5.97 Å². The monoisotopic (exact) mass is 177 g/mol. The van der Waals surface area contributed by atoms with Gasteiger partial charge in [-0.1, -0.05) is 0 Å². The molecule has 5 nitrogen and oxygen atoms in total. The second-order valence-corrected chi connectivity index (χ2v) is 1.99. The molecule has 0 radical (unpaired) electrons. The molecule has 1 aromatic heterocycles. The van der Waals surface area contributed by atoms with Crippen molar-refractivity contribution in [3.8, 4) is 0 Å². The van der Waals surface area contributed by atoms with E-state index in [9.17, 15) is 13.6 Å². The normalized spacial score (nSPS) is 10.6. The number of hydrogen-bond donors (Lipinski definition) is 1. The van der Waals surface area contributed by atoms with E-state index in [1.807, 2.05) is 0 Å². The van der Waals surface area contributed by atoms with Crippen molar-refractivity contribution in [1.82, 2.24) is 14.8 Å². The summed E-state index contributed by atoms with van der Waals surface area (Å²) in [5, 5.41) is 11.5. The van der Waals surface area contributed by atoms with E-state index in [1.54, 1.807) is 0 Å². The van der Waals surface area contributed by atoms with Crippen molar-refractivity contribution in [3.63, 3.8) is 0 Å². The SMILES string of the molecule is O=C(O)Cn1cnc(C(F)F)n1.